The Morgan fingerprint density at radius 2 is 2.05 bits per heavy atom. The second kappa shape index (κ2) is 8.53. The van der Waals surface area contributed by atoms with E-state index in [1.807, 2.05) is 19.1 Å². The Balaban J connectivity index is 2.44. The van der Waals surface area contributed by atoms with E-state index in [4.69, 9.17) is 9.84 Å². The molecule has 0 aromatic heterocycles. The lowest BCUT2D eigenvalue weighted by atomic mass is 10.1. The van der Waals surface area contributed by atoms with E-state index in [1.54, 1.807) is 12.1 Å². The van der Waals surface area contributed by atoms with Gasteiger partial charge in [0.2, 0.25) is 0 Å². The first-order valence-corrected chi connectivity index (χ1v) is 6.79. The molecule has 0 fully saturated rings. The van der Waals surface area contributed by atoms with Gasteiger partial charge in [-0.05, 0) is 43.0 Å². The quantitative estimate of drug-likeness (QED) is 0.757. The van der Waals surface area contributed by atoms with Crippen molar-refractivity contribution in [2.75, 3.05) is 19.8 Å². The maximum absolute atomic E-state index is 11.9. The highest BCUT2D eigenvalue weighted by atomic mass is 16.5. The van der Waals surface area contributed by atoms with Crippen molar-refractivity contribution in [1.82, 2.24) is 5.32 Å². The van der Waals surface area contributed by atoms with E-state index in [1.165, 1.54) is 0 Å². The SMILES string of the molecule is CCCOc1ccc(C(=O)NCC(C)CCO)cc1. The number of carbonyl (C=O) groups is 1. The van der Waals surface area contributed by atoms with Gasteiger partial charge in [-0.1, -0.05) is 13.8 Å². The lowest BCUT2D eigenvalue weighted by Gasteiger charge is -2.11. The first-order valence-electron chi connectivity index (χ1n) is 6.79. The van der Waals surface area contributed by atoms with Gasteiger partial charge in [0.1, 0.15) is 5.75 Å². The zero-order chi connectivity index (χ0) is 14.1. The fourth-order valence-corrected chi connectivity index (χ4v) is 1.61. The summed E-state index contributed by atoms with van der Waals surface area (Å²) in [5.41, 5.74) is 0.625. The smallest absolute Gasteiger partial charge is 0.251 e. The summed E-state index contributed by atoms with van der Waals surface area (Å²) in [6, 6.07) is 7.14. The van der Waals surface area contributed by atoms with E-state index in [-0.39, 0.29) is 18.4 Å². The number of nitrogens with one attached hydrogen (secondary N) is 1. The van der Waals surface area contributed by atoms with Gasteiger partial charge in [0.05, 0.1) is 6.61 Å². The summed E-state index contributed by atoms with van der Waals surface area (Å²) >= 11 is 0. The van der Waals surface area contributed by atoms with E-state index in [9.17, 15) is 4.79 Å². The molecule has 4 heteroatoms. The van der Waals surface area contributed by atoms with Crippen molar-refractivity contribution >= 4 is 5.91 Å². The number of aliphatic hydroxyl groups is 1. The van der Waals surface area contributed by atoms with Crippen molar-refractivity contribution < 1.29 is 14.6 Å². The summed E-state index contributed by atoms with van der Waals surface area (Å²) in [7, 11) is 0. The van der Waals surface area contributed by atoms with Gasteiger partial charge >= 0.3 is 0 Å². The molecule has 0 saturated carbocycles. The predicted octanol–water partition coefficient (Wildman–Crippen LogP) is 2.22. The molecule has 0 aliphatic rings. The Hall–Kier alpha value is -1.55. The summed E-state index contributed by atoms with van der Waals surface area (Å²) in [6.07, 6.45) is 1.66. The molecule has 106 valence electrons. The summed E-state index contributed by atoms with van der Waals surface area (Å²) in [6.45, 7) is 5.46. The summed E-state index contributed by atoms with van der Waals surface area (Å²) in [5, 5.41) is 11.6. The average molecular weight is 265 g/mol. The first-order chi connectivity index (χ1) is 9.17. The topological polar surface area (TPSA) is 58.6 Å². The van der Waals surface area contributed by atoms with Crippen LogP contribution in [0.25, 0.3) is 0 Å². The molecule has 1 atom stereocenters. The fraction of sp³-hybridized carbons (Fsp3) is 0.533. The van der Waals surface area contributed by atoms with Gasteiger partial charge in [0.25, 0.3) is 5.91 Å². The van der Waals surface area contributed by atoms with Crippen molar-refractivity contribution in [3.8, 4) is 5.75 Å². The van der Waals surface area contributed by atoms with Gasteiger partial charge in [0, 0.05) is 18.7 Å². The van der Waals surface area contributed by atoms with Crippen molar-refractivity contribution in [2.24, 2.45) is 5.92 Å². The molecule has 1 rings (SSSR count). The minimum Gasteiger partial charge on any atom is -0.494 e. The molecule has 19 heavy (non-hydrogen) atoms. The Bertz CT molecular complexity index is 375. The van der Waals surface area contributed by atoms with Crippen LogP contribution < -0.4 is 10.1 Å². The molecule has 4 nitrogen and oxygen atoms in total. The monoisotopic (exact) mass is 265 g/mol. The third-order valence-corrected chi connectivity index (χ3v) is 2.82. The standard InChI is InChI=1S/C15H23NO3/c1-3-10-19-14-6-4-13(5-7-14)15(18)16-11-12(2)8-9-17/h4-7,12,17H,3,8-11H2,1-2H3,(H,16,18). The third kappa shape index (κ3) is 5.75. The maximum Gasteiger partial charge on any atom is 0.251 e. The van der Waals surface area contributed by atoms with Gasteiger partial charge in [-0.15, -0.1) is 0 Å². The van der Waals surface area contributed by atoms with E-state index >= 15 is 0 Å². The van der Waals surface area contributed by atoms with E-state index in [0.29, 0.717) is 25.1 Å². The molecule has 0 heterocycles. The molecule has 0 spiro atoms. The van der Waals surface area contributed by atoms with Crippen LogP contribution in [0.3, 0.4) is 0 Å². The molecule has 1 unspecified atom stereocenters. The Morgan fingerprint density at radius 3 is 2.63 bits per heavy atom. The van der Waals surface area contributed by atoms with Crippen LogP contribution >= 0.6 is 0 Å². The van der Waals surface area contributed by atoms with Gasteiger partial charge in [-0.3, -0.25) is 4.79 Å². The van der Waals surface area contributed by atoms with Crippen molar-refractivity contribution in [3.05, 3.63) is 29.8 Å². The second-order valence-electron chi connectivity index (χ2n) is 4.70. The minimum atomic E-state index is -0.0909. The number of aliphatic hydroxyl groups excluding tert-OH is 1. The highest BCUT2D eigenvalue weighted by molar-refractivity contribution is 5.94. The van der Waals surface area contributed by atoms with Gasteiger partial charge < -0.3 is 15.2 Å². The molecule has 1 aromatic rings. The number of benzene rings is 1. The third-order valence-electron chi connectivity index (χ3n) is 2.82. The number of hydrogen-bond donors (Lipinski definition) is 2. The molecule has 0 radical (unpaired) electrons. The highest BCUT2D eigenvalue weighted by Crippen LogP contribution is 2.12. The van der Waals surface area contributed by atoms with Crippen LogP contribution in [0.15, 0.2) is 24.3 Å². The van der Waals surface area contributed by atoms with Crippen molar-refractivity contribution in [2.45, 2.75) is 26.7 Å². The lowest BCUT2D eigenvalue weighted by Crippen LogP contribution is -2.28. The van der Waals surface area contributed by atoms with Crippen LogP contribution in [0.5, 0.6) is 5.75 Å². The molecule has 0 aliphatic heterocycles. The Kier molecular flexibility index (Phi) is 6.97. The van der Waals surface area contributed by atoms with Crippen LogP contribution in [0, 0.1) is 5.92 Å². The van der Waals surface area contributed by atoms with Crippen LogP contribution in [-0.2, 0) is 0 Å². The van der Waals surface area contributed by atoms with Crippen LogP contribution in [0.1, 0.15) is 37.0 Å². The lowest BCUT2D eigenvalue weighted by molar-refractivity contribution is 0.0945. The van der Waals surface area contributed by atoms with E-state index in [2.05, 4.69) is 12.2 Å². The molecular weight excluding hydrogens is 242 g/mol. The number of hydrogen-bond acceptors (Lipinski definition) is 3. The molecule has 0 aliphatic carbocycles. The van der Waals surface area contributed by atoms with Gasteiger partial charge in [0.15, 0.2) is 0 Å². The van der Waals surface area contributed by atoms with E-state index in [0.717, 1.165) is 12.2 Å². The molecule has 0 saturated heterocycles. The summed E-state index contributed by atoms with van der Waals surface area (Å²) in [5.74, 6) is 0.972. The van der Waals surface area contributed by atoms with Crippen molar-refractivity contribution in [1.29, 1.82) is 0 Å². The normalized spacial score (nSPS) is 11.9. The largest absolute Gasteiger partial charge is 0.494 e. The van der Waals surface area contributed by atoms with Crippen molar-refractivity contribution in [3.63, 3.8) is 0 Å². The minimum absolute atomic E-state index is 0.0909. The molecule has 1 amide bonds. The zero-order valence-corrected chi connectivity index (χ0v) is 11.7. The first kappa shape index (κ1) is 15.5. The Morgan fingerprint density at radius 1 is 1.37 bits per heavy atom. The highest BCUT2D eigenvalue weighted by Gasteiger charge is 2.07. The van der Waals surface area contributed by atoms with E-state index < -0.39 is 0 Å². The maximum atomic E-state index is 11.9. The number of carbonyl (C=O) groups excluding carboxylic acids is 1. The molecular formula is C15H23NO3. The number of ether oxygens (including phenoxy) is 1. The summed E-state index contributed by atoms with van der Waals surface area (Å²) in [4.78, 5) is 11.9. The molecule has 0 bridgehead atoms. The zero-order valence-electron chi connectivity index (χ0n) is 11.7. The van der Waals surface area contributed by atoms with Crippen LogP contribution in [0.4, 0.5) is 0 Å². The number of amides is 1. The number of rotatable bonds is 8. The van der Waals surface area contributed by atoms with Crippen LogP contribution in [0.2, 0.25) is 0 Å². The van der Waals surface area contributed by atoms with Gasteiger partial charge in [-0.25, -0.2) is 0 Å². The Labute approximate surface area is 114 Å². The summed E-state index contributed by atoms with van der Waals surface area (Å²) < 4.78 is 5.46. The second-order valence-corrected chi connectivity index (χ2v) is 4.70. The van der Waals surface area contributed by atoms with Crippen LogP contribution in [-0.4, -0.2) is 30.8 Å². The molecule has 1 aromatic carbocycles. The average Bonchev–Trinajstić information content (AvgIpc) is 2.43. The predicted molar refractivity (Wildman–Crippen MR) is 75.4 cm³/mol. The molecule has 2 N–H and O–H groups in total. The fourth-order valence-electron chi connectivity index (χ4n) is 1.61. The van der Waals surface area contributed by atoms with Gasteiger partial charge in [-0.2, -0.15) is 0 Å².